The molecule has 34 heavy (non-hydrogen) atoms. The molecular formula is C26H34N4O3S. The fourth-order valence-corrected chi connectivity index (χ4v) is 6.15. The number of carbonyl (C=O) groups is 1. The SMILES string of the molecule is CS(=O)c1nc2c(c(N3CCN(C(=O)OC(C)(C)C)CC3)n1)CCC1(CCc3ccccc31)C2. The second-order valence-electron chi connectivity index (χ2n) is 10.8. The zero-order valence-corrected chi connectivity index (χ0v) is 21.4. The highest BCUT2D eigenvalue weighted by molar-refractivity contribution is 7.84. The number of nitrogens with zero attached hydrogens (tertiary/aromatic N) is 4. The minimum absolute atomic E-state index is 0.122. The lowest BCUT2D eigenvalue weighted by atomic mass is 9.69. The van der Waals surface area contributed by atoms with Crippen molar-refractivity contribution in [1.82, 2.24) is 14.9 Å². The summed E-state index contributed by atoms with van der Waals surface area (Å²) in [4.78, 5) is 26.1. The Morgan fingerprint density at radius 2 is 1.76 bits per heavy atom. The average molecular weight is 483 g/mol. The van der Waals surface area contributed by atoms with Gasteiger partial charge in [-0.25, -0.2) is 14.8 Å². The van der Waals surface area contributed by atoms with Crippen LogP contribution in [0.5, 0.6) is 0 Å². The summed E-state index contributed by atoms with van der Waals surface area (Å²) in [7, 11) is -1.26. The molecule has 5 rings (SSSR count). The Bertz CT molecular complexity index is 1140. The Hall–Kier alpha value is -2.48. The number of aromatic nitrogens is 2. The first kappa shape index (κ1) is 23.3. The Balaban J connectivity index is 1.41. The van der Waals surface area contributed by atoms with Gasteiger partial charge in [-0.15, -0.1) is 0 Å². The molecule has 182 valence electrons. The van der Waals surface area contributed by atoms with Crippen molar-refractivity contribution in [3.63, 3.8) is 0 Å². The molecule has 0 bridgehead atoms. The number of amides is 1. The van der Waals surface area contributed by atoms with Crippen molar-refractivity contribution in [3.8, 4) is 0 Å². The van der Waals surface area contributed by atoms with Gasteiger partial charge in [0.2, 0.25) is 5.16 Å². The Kier molecular flexibility index (Phi) is 5.91. The molecule has 1 spiro atoms. The molecule has 1 aromatic heterocycles. The van der Waals surface area contributed by atoms with Crippen LogP contribution in [0.15, 0.2) is 29.4 Å². The second-order valence-corrected chi connectivity index (χ2v) is 12.1. The fraction of sp³-hybridized carbons (Fsp3) is 0.577. The van der Waals surface area contributed by atoms with Crippen LogP contribution in [0.25, 0.3) is 0 Å². The summed E-state index contributed by atoms with van der Waals surface area (Å²) in [6, 6.07) is 8.81. The molecule has 0 radical (unpaired) electrons. The van der Waals surface area contributed by atoms with E-state index in [1.54, 1.807) is 11.2 Å². The molecule has 1 aromatic carbocycles. The van der Waals surface area contributed by atoms with Gasteiger partial charge in [-0.3, -0.25) is 4.21 Å². The van der Waals surface area contributed by atoms with Crippen LogP contribution in [-0.4, -0.2) is 63.2 Å². The van der Waals surface area contributed by atoms with E-state index in [-0.39, 0.29) is 11.5 Å². The zero-order chi connectivity index (χ0) is 24.1. The van der Waals surface area contributed by atoms with Crippen molar-refractivity contribution in [2.45, 2.75) is 69.0 Å². The molecule has 1 amide bonds. The van der Waals surface area contributed by atoms with E-state index in [1.165, 1.54) is 16.7 Å². The minimum Gasteiger partial charge on any atom is -0.444 e. The number of rotatable bonds is 2. The van der Waals surface area contributed by atoms with Crippen LogP contribution in [0.2, 0.25) is 0 Å². The maximum Gasteiger partial charge on any atom is 0.410 e. The molecule has 1 aliphatic heterocycles. The summed E-state index contributed by atoms with van der Waals surface area (Å²) in [6.45, 7) is 8.16. The molecule has 0 N–H and O–H groups in total. The normalized spacial score (nSPS) is 22.9. The summed E-state index contributed by atoms with van der Waals surface area (Å²) in [5.74, 6) is 0.903. The predicted octanol–water partition coefficient (Wildman–Crippen LogP) is 3.64. The highest BCUT2D eigenvalue weighted by atomic mass is 32.2. The van der Waals surface area contributed by atoms with Crippen molar-refractivity contribution in [1.29, 1.82) is 0 Å². The van der Waals surface area contributed by atoms with E-state index < -0.39 is 16.4 Å². The van der Waals surface area contributed by atoms with Crippen molar-refractivity contribution >= 4 is 22.7 Å². The van der Waals surface area contributed by atoms with E-state index in [4.69, 9.17) is 14.7 Å². The Labute approximate surface area is 204 Å². The maximum absolute atomic E-state index is 12.5. The summed E-state index contributed by atoms with van der Waals surface area (Å²) in [5, 5.41) is 0.409. The van der Waals surface area contributed by atoms with Gasteiger partial charge in [0, 0.05) is 43.4 Å². The minimum atomic E-state index is -1.26. The first-order chi connectivity index (χ1) is 16.2. The number of ether oxygens (including phenoxy) is 1. The number of benzene rings is 1. The van der Waals surface area contributed by atoms with E-state index in [0.29, 0.717) is 31.3 Å². The van der Waals surface area contributed by atoms with E-state index in [2.05, 4.69) is 29.2 Å². The topological polar surface area (TPSA) is 75.6 Å². The highest BCUT2D eigenvalue weighted by Gasteiger charge is 2.43. The van der Waals surface area contributed by atoms with E-state index in [1.807, 2.05) is 20.8 Å². The van der Waals surface area contributed by atoms with Crippen molar-refractivity contribution < 1.29 is 13.7 Å². The van der Waals surface area contributed by atoms with Crippen LogP contribution >= 0.6 is 0 Å². The van der Waals surface area contributed by atoms with Gasteiger partial charge in [0.05, 0.1) is 16.5 Å². The third-order valence-electron chi connectivity index (χ3n) is 7.36. The molecule has 3 aliphatic rings. The Morgan fingerprint density at radius 3 is 2.47 bits per heavy atom. The van der Waals surface area contributed by atoms with Crippen LogP contribution < -0.4 is 4.90 Å². The lowest BCUT2D eigenvalue weighted by Gasteiger charge is -2.40. The first-order valence-electron chi connectivity index (χ1n) is 12.2. The fourth-order valence-electron chi connectivity index (χ4n) is 5.70. The summed E-state index contributed by atoms with van der Waals surface area (Å²) in [5.41, 5.74) is 4.78. The van der Waals surface area contributed by atoms with Gasteiger partial charge in [-0.1, -0.05) is 24.3 Å². The highest BCUT2D eigenvalue weighted by Crippen LogP contribution is 2.48. The number of aryl methyl sites for hydroxylation is 1. The molecule has 2 heterocycles. The molecule has 1 fully saturated rings. The Morgan fingerprint density at radius 1 is 1.06 bits per heavy atom. The lowest BCUT2D eigenvalue weighted by molar-refractivity contribution is 0.0240. The smallest absolute Gasteiger partial charge is 0.410 e. The van der Waals surface area contributed by atoms with Gasteiger partial charge in [0.25, 0.3) is 0 Å². The molecule has 1 saturated heterocycles. The van der Waals surface area contributed by atoms with Crippen LogP contribution in [0.4, 0.5) is 10.6 Å². The maximum atomic E-state index is 12.5. The van der Waals surface area contributed by atoms with E-state index in [9.17, 15) is 9.00 Å². The summed E-state index contributed by atoms with van der Waals surface area (Å²) < 4.78 is 18.0. The monoisotopic (exact) mass is 482 g/mol. The van der Waals surface area contributed by atoms with E-state index >= 15 is 0 Å². The van der Waals surface area contributed by atoms with Crippen molar-refractivity contribution in [2.75, 3.05) is 37.3 Å². The summed E-state index contributed by atoms with van der Waals surface area (Å²) >= 11 is 0. The first-order valence-corrected chi connectivity index (χ1v) is 13.8. The molecule has 0 saturated carbocycles. The molecule has 2 aromatic rings. The number of hydrogen-bond acceptors (Lipinski definition) is 6. The van der Waals surface area contributed by atoms with Crippen LogP contribution in [0.1, 0.15) is 56.0 Å². The van der Waals surface area contributed by atoms with Gasteiger partial charge in [0.15, 0.2) is 0 Å². The molecule has 2 unspecified atom stereocenters. The zero-order valence-electron chi connectivity index (χ0n) is 20.6. The largest absolute Gasteiger partial charge is 0.444 e. The third-order valence-corrected chi connectivity index (χ3v) is 8.06. The van der Waals surface area contributed by atoms with Gasteiger partial charge in [-0.05, 0) is 64.0 Å². The number of carbonyl (C=O) groups excluding carboxylic acids is 1. The van der Waals surface area contributed by atoms with Crippen LogP contribution in [-0.2, 0) is 40.2 Å². The average Bonchev–Trinajstić information content (AvgIpc) is 3.15. The van der Waals surface area contributed by atoms with Crippen molar-refractivity contribution in [2.24, 2.45) is 0 Å². The number of fused-ring (bicyclic) bond motifs is 3. The lowest BCUT2D eigenvalue weighted by Crippen LogP contribution is -2.50. The molecular weight excluding hydrogens is 448 g/mol. The van der Waals surface area contributed by atoms with E-state index in [0.717, 1.165) is 43.6 Å². The second kappa shape index (κ2) is 8.63. The standard InChI is InChI=1S/C26H34N4O3S/c1-25(2,3)33-24(31)30-15-13-29(14-16-30)22-19-10-12-26(11-9-18-7-5-6-8-20(18)26)17-21(19)27-23(28-22)34(4)32/h5-8H,9-17H2,1-4H3. The van der Waals surface area contributed by atoms with Gasteiger partial charge >= 0.3 is 6.09 Å². The predicted molar refractivity (Wildman–Crippen MR) is 133 cm³/mol. The van der Waals surface area contributed by atoms with Crippen LogP contribution in [0, 0.1) is 0 Å². The number of hydrogen-bond donors (Lipinski definition) is 0. The summed E-state index contributed by atoms with van der Waals surface area (Å²) in [6.07, 6.45) is 6.51. The van der Waals surface area contributed by atoms with Crippen LogP contribution in [0.3, 0.4) is 0 Å². The number of piperazine rings is 1. The van der Waals surface area contributed by atoms with Gasteiger partial charge in [-0.2, -0.15) is 0 Å². The quantitative estimate of drug-likeness (QED) is 0.609. The molecule has 7 nitrogen and oxygen atoms in total. The van der Waals surface area contributed by atoms with Gasteiger partial charge < -0.3 is 14.5 Å². The van der Waals surface area contributed by atoms with Gasteiger partial charge in [0.1, 0.15) is 11.4 Å². The molecule has 2 aliphatic carbocycles. The van der Waals surface area contributed by atoms with Crippen molar-refractivity contribution in [3.05, 3.63) is 46.6 Å². The number of anilines is 1. The third kappa shape index (κ3) is 4.32. The molecule has 2 atom stereocenters. The molecule has 8 heteroatoms.